The van der Waals surface area contributed by atoms with Gasteiger partial charge in [0.15, 0.2) is 0 Å². The number of benzene rings is 1. The number of rotatable bonds is 5. The summed E-state index contributed by atoms with van der Waals surface area (Å²) in [6.45, 7) is 5.23. The fraction of sp³-hybridized carbons (Fsp3) is 0.333. The van der Waals surface area contributed by atoms with Crippen molar-refractivity contribution in [3.63, 3.8) is 0 Å². The van der Waals surface area contributed by atoms with Crippen molar-refractivity contribution in [1.82, 2.24) is 5.32 Å². The van der Waals surface area contributed by atoms with Crippen LogP contribution in [0, 0.1) is 6.92 Å². The molecular weight excluding hydrogens is 342 g/mol. The van der Waals surface area contributed by atoms with E-state index in [0.717, 1.165) is 27.3 Å². The summed E-state index contributed by atoms with van der Waals surface area (Å²) < 4.78 is 1.99. The summed E-state index contributed by atoms with van der Waals surface area (Å²) in [4.78, 5) is 1.28. The molecule has 1 atom stereocenters. The first-order chi connectivity index (χ1) is 9.11. The molecule has 1 unspecified atom stereocenters. The van der Waals surface area contributed by atoms with Gasteiger partial charge in [-0.05, 0) is 49.2 Å². The number of hydrogen-bond donors (Lipinski definition) is 1. The van der Waals surface area contributed by atoms with Gasteiger partial charge in [0.05, 0.1) is 10.4 Å². The molecule has 0 bridgehead atoms. The fourth-order valence-corrected chi connectivity index (χ4v) is 3.54. The topological polar surface area (TPSA) is 12.0 Å². The minimum absolute atomic E-state index is 0.226. The molecule has 1 aromatic heterocycles. The third-order valence-electron chi connectivity index (χ3n) is 2.96. The lowest BCUT2D eigenvalue weighted by Crippen LogP contribution is -2.22. The summed E-state index contributed by atoms with van der Waals surface area (Å²) in [6, 6.07) is 10.9. The van der Waals surface area contributed by atoms with E-state index < -0.39 is 0 Å². The number of aryl methyl sites for hydroxylation is 1. The van der Waals surface area contributed by atoms with Gasteiger partial charge in [-0.15, -0.1) is 11.3 Å². The van der Waals surface area contributed by atoms with Crippen LogP contribution in [-0.4, -0.2) is 6.54 Å². The predicted molar refractivity (Wildman–Crippen MR) is 88.3 cm³/mol. The van der Waals surface area contributed by atoms with Gasteiger partial charge in [0.25, 0.3) is 0 Å². The second kappa shape index (κ2) is 6.89. The first-order valence-corrected chi connectivity index (χ1v) is 8.35. The Balaban J connectivity index is 2.32. The van der Waals surface area contributed by atoms with Gasteiger partial charge in [-0.1, -0.05) is 46.6 Å². The maximum Gasteiger partial charge on any atom is 0.0961 e. The molecule has 19 heavy (non-hydrogen) atoms. The highest BCUT2D eigenvalue weighted by atomic mass is 79.9. The standard InChI is InChI=1S/C15H17BrClNS/c1-3-8-18-14(11-4-6-12(16)7-5-11)13-9-10(2)15(17)19-13/h4-7,9,14,18H,3,8H2,1-2H3. The van der Waals surface area contributed by atoms with Crippen molar-refractivity contribution >= 4 is 38.9 Å². The van der Waals surface area contributed by atoms with Crippen molar-refractivity contribution in [2.75, 3.05) is 6.54 Å². The van der Waals surface area contributed by atoms with Crippen LogP contribution in [0.5, 0.6) is 0 Å². The van der Waals surface area contributed by atoms with Crippen LogP contribution >= 0.6 is 38.9 Å². The van der Waals surface area contributed by atoms with Crippen LogP contribution in [-0.2, 0) is 0 Å². The predicted octanol–water partition coefficient (Wildman–Crippen LogP) is 5.56. The van der Waals surface area contributed by atoms with Crippen LogP contribution in [0.4, 0.5) is 0 Å². The van der Waals surface area contributed by atoms with Gasteiger partial charge in [-0.2, -0.15) is 0 Å². The number of thiophene rings is 1. The van der Waals surface area contributed by atoms with Crippen molar-refractivity contribution in [1.29, 1.82) is 0 Å². The Morgan fingerprint density at radius 2 is 2.00 bits per heavy atom. The molecule has 0 spiro atoms. The highest BCUT2D eigenvalue weighted by molar-refractivity contribution is 9.10. The molecule has 0 aliphatic rings. The molecule has 0 amide bonds. The molecule has 2 rings (SSSR count). The largest absolute Gasteiger partial charge is 0.306 e. The second-order valence-electron chi connectivity index (χ2n) is 4.54. The van der Waals surface area contributed by atoms with Gasteiger partial charge in [0.1, 0.15) is 0 Å². The normalized spacial score (nSPS) is 12.6. The molecule has 0 aliphatic carbocycles. The summed E-state index contributed by atoms with van der Waals surface area (Å²) in [5.74, 6) is 0. The van der Waals surface area contributed by atoms with Crippen LogP contribution in [0.3, 0.4) is 0 Å². The molecule has 0 saturated heterocycles. The average Bonchev–Trinajstić information content (AvgIpc) is 2.72. The van der Waals surface area contributed by atoms with Crippen LogP contribution in [0.1, 0.15) is 35.4 Å². The Labute approximate surface area is 132 Å². The fourth-order valence-electron chi connectivity index (χ4n) is 1.95. The molecule has 1 heterocycles. The Kier molecular flexibility index (Phi) is 5.46. The molecule has 4 heteroatoms. The van der Waals surface area contributed by atoms with Crippen LogP contribution in [0.25, 0.3) is 0 Å². The number of nitrogens with one attached hydrogen (secondary N) is 1. The molecular formula is C15H17BrClNS. The number of halogens is 2. The van der Waals surface area contributed by atoms with Gasteiger partial charge in [0, 0.05) is 9.35 Å². The van der Waals surface area contributed by atoms with Gasteiger partial charge < -0.3 is 5.32 Å². The number of hydrogen-bond acceptors (Lipinski definition) is 2. The summed E-state index contributed by atoms with van der Waals surface area (Å²) >= 11 is 11.3. The van der Waals surface area contributed by atoms with Gasteiger partial charge in [-0.25, -0.2) is 0 Å². The third-order valence-corrected chi connectivity index (χ3v) is 5.11. The molecule has 0 fully saturated rings. The Bertz CT molecular complexity index is 516. The molecule has 2 aromatic rings. The maximum atomic E-state index is 6.20. The van der Waals surface area contributed by atoms with Crippen molar-refractivity contribution in [3.8, 4) is 0 Å². The van der Waals surface area contributed by atoms with Gasteiger partial charge in [-0.3, -0.25) is 0 Å². The maximum absolute atomic E-state index is 6.20. The quantitative estimate of drug-likeness (QED) is 0.737. The van der Waals surface area contributed by atoms with Crippen LogP contribution in [0.15, 0.2) is 34.8 Å². The summed E-state index contributed by atoms with van der Waals surface area (Å²) in [6.07, 6.45) is 1.12. The zero-order valence-electron chi connectivity index (χ0n) is 11.0. The molecule has 1 nitrogen and oxygen atoms in total. The van der Waals surface area contributed by atoms with E-state index >= 15 is 0 Å². The lowest BCUT2D eigenvalue weighted by Gasteiger charge is -2.17. The van der Waals surface area contributed by atoms with E-state index in [0.29, 0.717) is 0 Å². The lowest BCUT2D eigenvalue weighted by atomic mass is 10.0. The SMILES string of the molecule is CCCNC(c1ccc(Br)cc1)c1cc(C)c(Cl)s1. The van der Waals surface area contributed by atoms with E-state index in [1.807, 2.05) is 0 Å². The van der Waals surface area contributed by atoms with Gasteiger partial charge >= 0.3 is 0 Å². The van der Waals surface area contributed by atoms with E-state index in [2.05, 4.69) is 65.4 Å². The Morgan fingerprint density at radius 3 is 2.53 bits per heavy atom. The molecule has 0 radical (unpaired) electrons. The third kappa shape index (κ3) is 3.82. The van der Waals surface area contributed by atoms with E-state index in [4.69, 9.17) is 11.6 Å². The van der Waals surface area contributed by atoms with E-state index in [-0.39, 0.29) is 6.04 Å². The summed E-state index contributed by atoms with van der Waals surface area (Å²) in [7, 11) is 0. The zero-order valence-corrected chi connectivity index (χ0v) is 14.2. The van der Waals surface area contributed by atoms with Crippen LogP contribution in [0.2, 0.25) is 4.34 Å². The summed E-state index contributed by atoms with van der Waals surface area (Å²) in [5.41, 5.74) is 2.43. The minimum atomic E-state index is 0.226. The summed E-state index contributed by atoms with van der Waals surface area (Å²) in [5, 5.41) is 3.60. The van der Waals surface area contributed by atoms with Crippen molar-refractivity contribution < 1.29 is 0 Å². The van der Waals surface area contributed by atoms with E-state index in [1.165, 1.54) is 10.4 Å². The highest BCUT2D eigenvalue weighted by Crippen LogP contribution is 2.34. The Hall–Kier alpha value is -0.350. The Morgan fingerprint density at radius 1 is 1.32 bits per heavy atom. The highest BCUT2D eigenvalue weighted by Gasteiger charge is 2.16. The molecule has 0 saturated carbocycles. The average molecular weight is 359 g/mol. The second-order valence-corrected chi connectivity index (χ2v) is 7.15. The van der Waals surface area contributed by atoms with Crippen molar-refractivity contribution in [3.05, 3.63) is 55.1 Å². The van der Waals surface area contributed by atoms with Crippen molar-refractivity contribution in [2.24, 2.45) is 0 Å². The van der Waals surface area contributed by atoms with E-state index in [1.54, 1.807) is 11.3 Å². The minimum Gasteiger partial charge on any atom is -0.306 e. The smallest absolute Gasteiger partial charge is 0.0961 e. The van der Waals surface area contributed by atoms with E-state index in [9.17, 15) is 0 Å². The lowest BCUT2D eigenvalue weighted by molar-refractivity contribution is 0.605. The van der Waals surface area contributed by atoms with Crippen molar-refractivity contribution in [2.45, 2.75) is 26.3 Å². The molecule has 1 N–H and O–H groups in total. The van der Waals surface area contributed by atoms with Crippen LogP contribution < -0.4 is 5.32 Å². The monoisotopic (exact) mass is 357 g/mol. The molecule has 0 aliphatic heterocycles. The molecule has 102 valence electrons. The van der Waals surface area contributed by atoms with Gasteiger partial charge in [0.2, 0.25) is 0 Å². The zero-order chi connectivity index (χ0) is 13.8. The first-order valence-electron chi connectivity index (χ1n) is 6.36. The first kappa shape index (κ1) is 15.0. The molecule has 1 aromatic carbocycles.